The summed E-state index contributed by atoms with van der Waals surface area (Å²) < 4.78 is 6.68. The third-order valence-corrected chi connectivity index (χ3v) is 2.30. The lowest BCUT2D eigenvalue weighted by Gasteiger charge is -2.03. The predicted octanol–water partition coefficient (Wildman–Crippen LogP) is 1.60. The molecule has 0 atom stereocenters. The van der Waals surface area contributed by atoms with Crippen LogP contribution in [0.4, 0.5) is 0 Å². The Morgan fingerprint density at radius 3 is 3.06 bits per heavy atom. The highest BCUT2D eigenvalue weighted by atomic mass is 35.5. The van der Waals surface area contributed by atoms with E-state index in [0.717, 1.165) is 0 Å². The third-order valence-electron chi connectivity index (χ3n) is 2.07. The van der Waals surface area contributed by atoms with E-state index in [4.69, 9.17) is 21.4 Å². The van der Waals surface area contributed by atoms with E-state index in [9.17, 15) is 4.79 Å². The lowest BCUT2D eigenvalue weighted by atomic mass is 10.3. The van der Waals surface area contributed by atoms with Gasteiger partial charge in [0.2, 0.25) is 0 Å². The van der Waals surface area contributed by atoms with Crippen LogP contribution >= 0.6 is 11.6 Å². The summed E-state index contributed by atoms with van der Waals surface area (Å²) in [7, 11) is 0. The summed E-state index contributed by atoms with van der Waals surface area (Å²) >= 11 is 5.81. The molecule has 1 N–H and O–H groups in total. The second-order valence-corrected chi connectivity index (χ2v) is 3.98. The van der Waals surface area contributed by atoms with Crippen LogP contribution in [0.2, 0.25) is 5.02 Å². The average Bonchev–Trinajstić information content (AvgIpc) is 2.73. The van der Waals surface area contributed by atoms with Crippen LogP contribution in [0.3, 0.4) is 0 Å². The summed E-state index contributed by atoms with van der Waals surface area (Å²) in [5.41, 5.74) is 0.552. The lowest BCUT2D eigenvalue weighted by molar-refractivity contribution is -0.137. The number of carboxylic acid groups (broad SMARTS) is 1. The number of benzene rings is 1. The molecule has 94 valence electrons. The van der Waals surface area contributed by atoms with Crippen molar-refractivity contribution in [1.82, 2.24) is 15.0 Å². The van der Waals surface area contributed by atoms with Crippen molar-refractivity contribution in [3.8, 4) is 5.75 Å². The van der Waals surface area contributed by atoms with Gasteiger partial charge in [-0.1, -0.05) is 22.9 Å². The standard InChI is InChI=1S/C11H10ClN3O3/c12-8-2-1-3-10(4-8)18-7-9-5-15(14-13-9)6-11(16)17/h1-5H,6-7H2,(H,16,17). The van der Waals surface area contributed by atoms with Gasteiger partial charge in [-0.25, -0.2) is 4.68 Å². The molecule has 0 aliphatic carbocycles. The molecule has 1 aromatic heterocycles. The highest BCUT2D eigenvalue weighted by Gasteiger charge is 2.05. The Morgan fingerprint density at radius 1 is 1.50 bits per heavy atom. The zero-order chi connectivity index (χ0) is 13.0. The molecule has 0 spiro atoms. The first-order valence-electron chi connectivity index (χ1n) is 5.12. The van der Waals surface area contributed by atoms with Crippen LogP contribution in [0.5, 0.6) is 5.75 Å². The number of aliphatic carboxylic acids is 1. The Labute approximate surface area is 108 Å². The summed E-state index contributed by atoms with van der Waals surface area (Å²) in [5, 5.41) is 16.6. The molecule has 7 heteroatoms. The maximum Gasteiger partial charge on any atom is 0.325 e. The molecule has 0 fully saturated rings. The molecular formula is C11H10ClN3O3. The van der Waals surface area contributed by atoms with Crippen molar-refractivity contribution in [2.75, 3.05) is 0 Å². The van der Waals surface area contributed by atoms with E-state index in [1.165, 1.54) is 10.9 Å². The molecule has 0 saturated carbocycles. The molecule has 0 amide bonds. The Bertz CT molecular complexity index is 556. The van der Waals surface area contributed by atoms with E-state index in [-0.39, 0.29) is 13.2 Å². The van der Waals surface area contributed by atoms with Crippen LogP contribution < -0.4 is 4.74 Å². The Morgan fingerprint density at radius 2 is 2.33 bits per heavy atom. The van der Waals surface area contributed by atoms with E-state index in [1.54, 1.807) is 24.3 Å². The van der Waals surface area contributed by atoms with Gasteiger partial charge in [-0.2, -0.15) is 0 Å². The van der Waals surface area contributed by atoms with Gasteiger partial charge in [0.05, 0.1) is 6.20 Å². The third kappa shape index (κ3) is 3.46. The normalized spacial score (nSPS) is 10.3. The second kappa shape index (κ2) is 5.50. The van der Waals surface area contributed by atoms with E-state index >= 15 is 0 Å². The fraction of sp³-hybridized carbons (Fsp3) is 0.182. The average molecular weight is 268 g/mol. The van der Waals surface area contributed by atoms with Gasteiger partial charge in [-0.05, 0) is 18.2 Å². The quantitative estimate of drug-likeness (QED) is 0.890. The maximum atomic E-state index is 10.5. The van der Waals surface area contributed by atoms with Gasteiger partial charge >= 0.3 is 5.97 Å². The van der Waals surface area contributed by atoms with Crippen molar-refractivity contribution < 1.29 is 14.6 Å². The summed E-state index contributed by atoms with van der Waals surface area (Å²) in [6.07, 6.45) is 1.53. The molecule has 2 aromatic rings. The van der Waals surface area contributed by atoms with E-state index in [1.807, 2.05) is 0 Å². The lowest BCUT2D eigenvalue weighted by Crippen LogP contribution is -2.08. The Hall–Kier alpha value is -2.08. The number of nitrogens with zero attached hydrogens (tertiary/aromatic N) is 3. The van der Waals surface area contributed by atoms with E-state index < -0.39 is 5.97 Å². The highest BCUT2D eigenvalue weighted by molar-refractivity contribution is 6.30. The monoisotopic (exact) mass is 267 g/mol. The predicted molar refractivity (Wildman–Crippen MR) is 63.4 cm³/mol. The first-order valence-corrected chi connectivity index (χ1v) is 5.50. The Balaban J connectivity index is 1.94. The minimum Gasteiger partial charge on any atom is -0.487 e. The topological polar surface area (TPSA) is 77.2 Å². The Kier molecular flexibility index (Phi) is 3.78. The largest absolute Gasteiger partial charge is 0.487 e. The molecule has 1 aromatic carbocycles. The molecule has 2 rings (SSSR count). The van der Waals surface area contributed by atoms with Crippen molar-refractivity contribution in [2.45, 2.75) is 13.2 Å². The number of carbonyl (C=O) groups is 1. The van der Waals surface area contributed by atoms with Crippen LogP contribution in [0.25, 0.3) is 0 Å². The zero-order valence-corrected chi connectivity index (χ0v) is 10.0. The molecule has 0 unspecified atom stereocenters. The van der Waals surface area contributed by atoms with Gasteiger partial charge in [0.25, 0.3) is 0 Å². The zero-order valence-electron chi connectivity index (χ0n) is 9.28. The molecular weight excluding hydrogens is 258 g/mol. The van der Waals surface area contributed by atoms with Crippen LogP contribution in [0.15, 0.2) is 30.5 Å². The van der Waals surface area contributed by atoms with Gasteiger partial charge in [-0.15, -0.1) is 5.10 Å². The van der Waals surface area contributed by atoms with Gasteiger partial charge in [0, 0.05) is 5.02 Å². The number of hydrogen-bond acceptors (Lipinski definition) is 4. The fourth-order valence-electron chi connectivity index (χ4n) is 1.33. The molecule has 0 radical (unpaired) electrons. The van der Waals surface area contributed by atoms with Crippen LogP contribution in [0.1, 0.15) is 5.69 Å². The van der Waals surface area contributed by atoms with Crippen molar-refractivity contribution in [1.29, 1.82) is 0 Å². The molecule has 1 heterocycles. The van der Waals surface area contributed by atoms with Crippen LogP contribution in [0, 0.1) is 0 Å². The summed E-state index contributed by atoms with van der Waals surface area (Å²) in [4.78, 5) is 10.5. The molecule has 0 aliphatic heterocycles. The molecule has 0 bridgehead atoms. The summed E-state index contributed by atoms with van der Waals surface area (Å²) in [6.45, 7) is -0.00980. The molecule has 0 saturated heterocycles. The van der Waals surface area contributed by atoms with Gasteiger partial charge in [-0.3, -0.25) is 4.79 Å². The van der Waals surface area contributed by atoms with Gasteiger partial charge in [0.15, 0.2) is 0 Å². The maximum absolute atomic E-state index is 10.5. The number of hydrogen-bond donors (Lipinski definition) is 1. The van der Waals surface area contributed by atoms with Crippen molar-refractivity contribution in [3.63, 3.8) is 0 Å². The molecule has 6 nitrogen and oxygen atoms in total. The number of halogens is 1. The van der Waals surface area contributed by atoms with E-state index in [2.05, 4.69) is 10.3 Å². The number of carboxylic acids is 1. The minimum absolute atomic E-state index is 0.208. The smallest absolute Gasteiger partial charge is 0.325 e. The van der Waals surface area contributed by atoms with Crippen LogP contribution in [-0.2, 0) is 17.9 Å². The first-order chi connectivity index (χ1) is 8.63. The van der Waals surface area contributed by atoms with Crippen molar-refractivity contribution in [3.05, 3.63) is 41.2 Å². The number of rotatable bonds is 5. The van der Waals surface area contributed by atoms with Crippen molar-refractivity contribution >= 4 is 17.6 Å². The summed E-state index contributed by atoms with van der Waals surface area (Å²) in [5.74, 6) is -0.350. The van der Waals surface area contributed by atoms with Gasteiger partial charge < -0.3 is 9.84 Å². The molecule has 0 aliphatic rings. The highest BCUT2D eigenvalue weighted by Crippen LogP contribution is 2.17. The second-order valence-electron chi connectivity index (χ2n) is 3.55. The molecule has 18 heavy (non-hydrogen) atoms. The van der Waals surface area contributed by atoms with Crippen LogP contribution in [-0.4, -0.2) is 26.1 Å². The summed E-state index contributed by atoms with van der Waals surface area (Å²) in [6, 6.07) is 6.98. The number of ether oxygens (including phenoxy) is 1. The first kappa shape index (κ1) is 12.4. The SMILES string of the molecule is O=C(O)Cn1cc(COc2cccc(Cl)c2)nn1. The van der Waals surface area contributed by atoms with Gasteiger partial charge in [0.1, 0.15) is 24.6 Å². The minimum atomic E-state index is -0.970. The fourth-order valence-corrected chi connectivity index (χ4v) is 1.51. The van der Waals surface area contributed by atoms with E-state index in [0.29, 0.717) is 16.5 Å². The van der Waals surface area contributed by atoms with Crippen molar-refractivity contribution in [2.24, 2.45) is 0 Å². The number of aromatic nitrogens is 3.